The van der Waals surface area contributed by atoms with Gasteiger partial charge in [0.1, 0.15) is 23.9 Å². The summed E-state index contributed by atoms with van der Waals surface area (Å²) in [5.74, 6) is 1.45. The van der Waals surface area contributed by atoms with E-state index in [1.807, 2.05) is 36.4 Å². The predicted octanol–water partition coefficient (Wildman–Crippen LogP) is 4.77. The van der Waals surface area contributed by atoms with Crippen LogP contribution in [0, 0.1) is 0 Å². The number of anilines is 1. The number of ether oxygens (including phenoxy) is 3. The van der Waals surface area contributed by atoms with Gasteiger partial charge in [-0.3, -0.25) is 14.5 Å². The highest BCUT2D eigenvalue weighted by Gasteiger charge is 2.41. The van der Waals surface area contributed by atoms with Gasteiger partial charge in [0.2, 0.25) is 11.8 Å². The van der Waals surface area contributed by atoms with E-state index in [0.717, 1.165) is 16.8 Å². The molecule has 1 aliphatic heterocycles. The van der Waals surface area contributed by atoms with Crippen LogP contribution in [0.4, 0.5) is 5.82 Å². The number of methoxy groups -OCH3 is 3. The van der Waals surface area contributed by atoms with Gasteiger partial charge in [-0.1, -0.05) is 44.5 Å². The van der Waals surface area contributed by atoms with Gasteiger partial charge in [-0.05, 0) is 30.3 Å². The summed E-state index contributed by atoms with van der Waals surface area (Å²) in [7, 11) is 4.80. The summed E-state index contributed by atoms with van der Waals surface area (Å²) in [6.07, 6.45) is 0. The molecule has 214 valence electrons. The maximum absolute atomic E-state index is 13.8. The van der Waals surface area contributed by atoms with Crippen LogP contribution in [0.1, 0.15) is 42.8 Å². The van der Waals surface area contributed by atoms with Crippen LogP contribution in [-0.2, 0) is 19.7 Å². The van der Waals surface area contributed by atoms with Gasteiger partial charge in [0.15, 0.2) is 0 Å². The molecule has 1 atom stereocenters. The van der Waals surface area contributed by atoms with Crippen molar-refractivity contribution in [2.45, 2.75) is 31.4 Å². The van der Waals surface area contributed by atoms with E-state index < -0.39 is 5.41 Å². The summed E-state index contributed by atoms with van der Waals surface area (Å²) < 4.78 is 18.1. The molecular formula is C29H35ClN4O5S. The second kappa shape index (κ2) is 12.5. The first kappa shape index (κ1) is 29.8. The van der Waals surface area contributed by atoms with E-state index in [4.69, 9.17) is 30.9 Å². The number of benzene rings is 2. The van der Waals surface area contributed by atoms with Crippen LogP contribution >= 0.6 is 23.4 Å². The Morgan fingerprint density at radius 3 is 2.55 bits per heavy atom. The summed E-state index contributed by atoms with van der Waals surface area (Å²) in [5.41, 5.74) is 2.64. The molecule has 2 heterocycles. The minimum atomic E-state index is -0.415. The Morgan fingerprint density at radius 2 is 1.90 bits per heavy atom. The number of thioether (sulfide) groups is 1. The molecule has 0 saturated heterocycles. The van der Waals surface area contributed by atoms with Crippen molar-refractivity contribution < 1.29 is 23.8 Å². The number of aromatic nitrogens is 2. The number of amides is 2. The van der Waals surface area contributed by atoms with Crippen molar-refractivity contribution in [1.29, 1.82) is 0 Å². The average Bonchev–Trinajstić information content (AvgIpc) is 3.26. The fraction of sp³-hybridized carbons (Fsp3) is 0.414. The van der Waals surface area contributed by atoms with Gasteiger partial charge in [-0.25, -0.2) is 4.68 Å². The Bertz CT molecular complexity index is 1390. The van der Waals surface area contributed by atoms with Crippen molar-refractivity contribution in [3.63, 3.8) is 0 Å². The molecule has 0 bridgehead atoms. The molecule has 4 rings (SSSR count). The molecule has 1 aliphatic rings. The van der Waals surface area contributed by atoms with Gasteiger partial charge >= 0.3 is 0 Å². The van der Waals surface area contributed by atoms with Crippen LogP contribution in [0.15, 0.2) is 42.5 Å². The molecule has 0 aliphatic carbocycles. The quantitative estimate of drug-likeness (QED) is 0.361. The number of para-hydroxylation sites is 1. The van der Waals surface area contributed by atoms with E-state index in [2.05, 4.69) is 26.1 Å². The highest BCUT2D eigenvalue weighted by Crippen LogP contribution is 2.51. The minimum absolute atomic E-state index is 0.136. The Hall–Kier alpha value is -3.21. The number of rotatable bonds is 9. The number of hydrogen-bond donors (Lipinski definition) is 1. The molecule has 0 fully saturated rings. The van der Waals surface area contributed by atoms with Crippen molar-refractivity contribution in [3.8, 4) is 17.2 Å². The zero-order valence-electron chi connectivity index (χ0n) is 23.6. The summed E-state index contributed by atoms with van der Waals surface area (Å²) in [4.78, 5) is 28.4. The Labute approximate surface area is 244 Å². The maximum Gasteiger partial charge on any atom is 0.240 e. The highest BCUT2D eigenvalue weighted by atomic mass is 35.5. The van der Waals surface area contributed by atoms with Crippen LogP contribution in [-0.4, -0.2) is 68.4 Å². The third-order valence-corrected chi connectivity index (χ3v) is 8.09. The fourth-order valence-corrected chi connectivity index (χ4v) is 6.07. The van der Waals surface area contributed by atoms with Gasteiger partial charge in [-0.15, -0.1) is 11.8 Å². The number of halogens is 1. The Morgan fingerprint density at radius 1 is 1.15 bits per heavy atom. The lowest BCUT2D eigenvalue weighted by Crippen LogP contribution is -2.43. The lowest BCUT2D eigenvalue weighted by molar-refractivity contribution is -0.123. The molecule has 0 spiro atoms. The molecule has 2 amide bonds. The summed E-state index contributed by atoms with van der Waals surface area (Å²) >= 11 is 8.15. The predicted molar refractivity (Wildman–Crippen MR) is 158 cm³/mol. The highest BCUT2D eigenvalue weighted by molar-refractivity contribution is 8.00. The van der Waals surface area contributed by atoms with Gasteiger partial charge in [0.05, 0.1) is 48.2 Å². The normalized spacial score (nSPS) is 15.4. The molecule has 1 aromatic heterocycles. The first-order chi connectivity index (χ1) is 19.1. The lowest BCUT2D eigenvalue weighted by atomic mass is 9.87. The van der Waals surface area contributed by atoms with E-state index >= 15 is 0 Å². The number of hydrogen-bond acceptors (Lipinski definition) is 7. The fourth-order valence-electron chi connectivity index (χ4n) is 4.65. The number of carbonyl (C=O) groups is 2. The third-order valence-electron chi connectivity index (χ3n) is 6.53. The van der Waals surface area contributed by atoms with Crippen molar-refractivity contribution in [1.82, 2.24) is 15.1 Å². The van der Waals surface area contributed by atoms with Crippen LogP contribution in [0.5, 0.6) is 11.5 Å². The van der Waals surface area contributed by atoms with Gasteiger partial charge in [0, 0.05) is 30.2 Å². The topological polar surface area (TPSA) is 94.9 Å². The molecule has 9 nitrogen and oxygen atoms in total. The molecule has 1 N–H and O–H groups in total. The summed E-state index contributed by atoms with van der Waals surface area (Å²) in [6, 6.07) is 13.0. The molecular weight excluding hydrogens is 552 g/mol. The summed E-state index contributed by atoms with van der Waals surface area (Å²) in [6.45, 7) is 6.74. The minimum Gasteiger partial charge on any atom is -0.497 e. The van der Waals surface area contributed by atoms with Crippen LogP contribution < -0.4 is 19.7 Å². The van der Waals surface area contributed by atoms with Gasteiger partial charge in [-0.2, -0.15) is 5.10 Å². The van der Waals surface area contributed by atoms with E-state index in [1.165, 1.54) is 16.7 Å². The van der Waals surface area contributed by atoms with Gasteiger partial charge < -0.3 is 19.5 Å². The number of nitrogens with zero attached hydrogens (tertiary/aromatic N) is 3. The zero-order valence-corrected chi connectivity index (χ0v) is 25.2. The van der Waals surface area contributed by atoms with Crippen LogP contribution in [0.2, 0.25) is 5.02 Å². The lowest BCUT2D eigenvalue weighted by Gasteiger charge is -2.25. The van der Waals surface area contributed by atoms with E-state index in [1.54, 1.807) is 32.1 Å². The second-order valence-electron chi connectivity index (χ2n) is 10.3. The Balaban J connectivity index is 2.02. The monoisotopic (exact) mass is 586 g/mol. The smallest absolute Gasteiger partial charge is 0.240 e. The maximum atomic E-state index is 13.8. The molecule has 0 unspecified atom stereocenters. The molecule has 11 heteroatoms. The first-order valence-electron chi connectivity index (χ1n) is 12.9. The summed E-state index contributed by atoms with van der Waals surface area (Å²) in [5, 5.41) is 8.03. The van der Waals surface area contributed by atoms with E-state index in [-0.39, 0.29) is 29.4 Å². The second-order valence-corrected chi connectivity index (χ2v) is 11.8. The van der Waals surface area contributed by atoms with E-state index in [9.17, 15) is 9.59 Å². The Kier molecular flexibility index (Phi) is 9.33. The van der Waals surface area contributed by atoms with E-state index in [0.29, 0.717) is 41.2 Å². The first-order valence-corrected chi connectivity index (χ1v) is 14.3. The third kappa shape index (κ3) is 6.09. The zero-order chi connectivity index (χ0) is 29.0. The van der Waals surface area contributed by atoms with Crippen molar-refractivity contribution in [3.05, 3.63) is 64.3 Å². The van der Waals surface area contributed by atoms with Crippen LogP contribution in [0.25, 0.3) is 5.69 Å². The standard InChI is InChI=1S/C29H35ClN4O5S/c1-29(2,3)27-25-26(19-15-18(38-5)11-12-22(19)39-6)40-17-24(36)33(16-23(35)31-13-14-37-4)28(25)34(32-27)21-10-8-7-9-20(21)30/h7-12,15,26H,13-14,16-17H2,1-6H3,(H,31,35)/t26-/m1/s1. The number of nitrogens with one attached hydrogen (secondary N) is 1. The molecule has 3 aromatic rings. The molecule has 2 aromatic carbocycles. The largest absolute Gasteiger partial charge is 0.497 e. The van der Waals surface area contributed by atoms with Crippen molar-refractivity contribution in [2.75, 3.05) is 51.7 Å². The number of carbonyl (C=O) groups excluding carboxylic acids is 2. The van der Waals surface area contributed by atoms with Crippen molar-refractivity contribution in [2.24, 2.45) is 0 Å². The van der Waals surface area contributed by atoms with Crippen molar-refractivity contribution >= 4 is 41.0 Å². The molecule has 0 radical (unpaired) electrons. The van der Waals surface area contributed by atoms with Crippen LogP contribution in [0.3, 0.4) is 0 Å². The van der Waals surface area contributed by atoms with Gasteiger partial charge in [0.25, 0.3) is 0 Å². The SMILES string of the molecule is COCCNC(=O)CN1C(=O)CS[C@H](c2cc(OC)ccc2OC)c2c(C(C)(C)C)nn(-c3ccccc3Cl)c21. The molecule has 40 heavy (non-hydrogen) atoms. The average molecular weight is 587 g/mol. The number of fused-ring (bicyclic) bond motifs is 1. The molecule has 0 saturated carbocycles.